The molecule has 1 heterocycles. The molecule has 0 N–H and O–H groups in total. The molecular weight excluding hydrogens is 204 g/mol. The summed E-state index contributed by atoms with van der Waals surface area (Å²) in [5, 5.41) is 0. The monoisotopic (exact) mass is 222 g/mol. The van der Waals surface area contributed by atoms with Crippen LogP contribution in [0.5, 0.6) is 5.75 Å². The average Bonchev–Trinajstić information content (AvgIpc) is 2.66. The zero-order valence-corrected chi connectivity index (χ0v) is 10.0. The normalized spacial score (nSPS) is 19.0. The van der Waals surface area contributed by atoms with Crippen LogP contribution in [0.2, 0.25) is 0 Å². The van der Waals surface area contributed by atoms with Gasteiger partial charge in [-0.2, -0.15) is 0 Å². The zero-order valence-electron chi connectivity index (χ0n) is 10.0. The highest BCUT2D eigenvalue weighted by Crippen LogP contribution is 2.31. The van der Waals surface area contributed by atoms with E-state index in [1.54, 1.807) is 0 Å². The van der Waals surface area contributed by atoms with Crippen molar-refractivity contribution >= 4 is 0 Å². The largest absolute Gasteiger partial charge is 0.491 e. The minimum Gasteiger partial charge on any atom is -0.491 e. The van der Waals surface area contributed by atoms with Crippen molar-refractivity contribution in [3.63, 3.8) is 0 Å². The van der Waals surface area contributed by atoms with Gasteiger partial charge in [0.1, 0.15) is 5.75 Å². The second-order valence-corrected chi connectivity index (χ2v) is 4.33. The van der Waals surface area contributed by atoms with E-state index >= 15 is 0 Å². The van der Waals surface area contributed by atoms with Crippen LogP contribution in [0, 0.1) is 0 Å². The van der Waals surface area contributed by atoms with Gasteiger partial charge in [-0.1, -0.05) is 0 Å². The van der Waals surface area contributed by atoms with Crippen LogP contribution in [0.4, 0.5) is 0 Å². The number of hydrogen-bond acceptors (Lipinski definition) is 3. The van der Waals surface area contributed by atoms with E-state index < -0.39 is 5.79 Å². The van der Waals surface area contributed by atoms with Crippen molar-refractivity contribution in [2.24, 2.45) is 0 Å². The number of hydrogen-bond donors (Lipinski definition) is 0. The molecule has 2 rings (SSSR count). The molecular formula is C13H18O3. The molecule has 1 aromatic rings. The Morgan fingerprint density at radius 2 is 1.69 bits per heavy atom. The van der Waals surface area contributed by atoms with Gasteiger partial charge >= 0.3 is 0 Å². The Kier molecular flexibility index (Phi) is 3.17. The van der Waals surface area contributed by atoms with Crippen LogP contribution in [0.15, 0.2) is 24.3 Å². The first-order valence-corrected chi connectivity index (χ1v) is 5.65. The van der Waals surface area contributed by atoms with Crippen LogP contribution in [-0.4, -0.2) is 19.3 Å². The van der Waals surface area contributed by atoms with E-state index in [-0.39, 0.29) is 6.10 Å². The standard InChI is InChI=1S/C13H18O3/c1-10(2)16-12-6-4-11(5-7-12)13(3)14-8-9-15-13/h4-7,10H,8-9H2,1-3H3. The summed E-state index contributed by atoms with van der Waals surface area (Å²) in [5.41, 5.74) is 1.03. The van der Waals surface area contributed by atoms with Crippen molar-refractivity contribution in [3.8, 4) is 5.75 Å². The van der Waals surface area contributed by atoms with Crippen molar-refractivity contribution in [3.05, 3.63) is 29.8 Å². The summed E-state index contributed by atoms with van der Waals surface area (Å²) in [6.07, 6.45) is 0.195. The Labute approximate surface area is 96.3 Å². The molecule has 1 aromatic carbocycles. The Balaban J connectivity index is 2.12. The molecule has 0 unspecified atom stereocenters. The number of ether oxygens (including phenoxy) is 3. The molecule has 0 saturated carbocycles. The third kappa shape index (κ3) is 2.36. The van der Waals surface area contributed by atoms with Crippen molar-refractivity contribution in [1.29, 1.82) is 0 Å². The van der Waals surface area contributed by atoms with E-state index in [2.05, 4.69) is 0 Å². The molecule has 0 spiro atoms. The van der Waals surface area contributed by atoms with Gasteiger partial charge in [-0.15, -0.1) is 0 Å². The molecule has 0 radical (unpaired) electrons. The second-order valence-electron chi connectivity index (χ2n) is 4.33. The van der Waals surface area contributed by atoms with Crippen LogP contribution >= 0.6 is 0 Å². The van der Waals surface area contributed by atoms with Crippen molar-refractivity contribution < 1.29 is 14.2 Å². The Bertz CT molecular complexity index is 337. The summed E-state index contributed by atoms with van der Waals surface area (Å²) < 4.78 is 16.8. The Morgan fingerprint density at radius 3 is 2.19 bits per heavy atom. The minimum atomic E-state index is -0.587. The van der Waals surface area contributed by atoms with E-state index in [9.17, 15) is 0 Å². The maximum atomic E-state index is 5.58. The quantitative estimate of drug-likeness (QED) is 0.787. The molecule has 1 aliphatic heterocycles. The van der Waals surface area contributed by atoms with Crippen LogP contribution in [0.3, 0.4) is 0 Å². The lowest BCUT2D eigenvalue weighted by Gasteiger charge is -2.23. The average molecular weight is 222 g/mol. The van der Waals surface area contributed by atoms with Crippen molar-refractivity contribution in [1.82, 2.24) is 0 Å². The Hall–Kier alpha value is -1.06. The maximum absolute atomic E-state index is 5.58. The van der Waals surface area contributed by atoms with Crippen LogP contribution in [0.25, 0.3) is 0 Å². The van der Waals surface area contributed by atoms with Crippen molar-refractivity contribution in [2.75, 3.05) is 13.2 Å². The topological polar surface area (TPSA) is 27.7 Å². The van der Waals surface area contributed by atoms with Gasteiger partial charge in [-0.25, -0.2) is 0 Å². The molecule has 1 saturated heterocycles. The molecule has 1 aliphatic rings. The first-order chi connectivity index (χ1) is 7.60. The van der Waals surface area contributed by atoms with Gasteiger partial charge in [0.25, 0.3) is 0 Å². The predicted octanol–water partition coefficient (Wildman–Crippen LogP) is 2.69. The minimum absolute atomic E-state index is 0.195. The summed E-state index contributed by atoms with van der Waals surface area (Å²) in [7, 11) is 0. The van der Waals surface area contributed by atoms with Crippen LogP contribution in [-0.2, 0) is 15.3 Å². The molecule has 0 aliphatic carbocycles. The predicted molar refractivity (Wildman–Crippen MR) is 61.5 cm³/mol. The summed E-state index contributed by atoms with van der Waals surface area (Å²) in [4.78, 5) is 0. The molecule has 3 nitrogen and oxygen atoms in total. The molecule has 0 aromatic heterocycles. The fourth-order valence-corrected chi connectivity index (χ4v) is 1.79. The van der Waals surface area contributed by atoms with E-state index in [1.165, 1.54) is 0 Å². The summed E-state index contributed by atoms with van der Waals surface area (Å²) in [5.74, 6) is 0.288. The number of benzene rings is 1. The van der Waals surface area contributed by atoms with Crippen LogP contribution in [0.1, 0.15) is 26.3 Å². The lowest BCUT2D eigenvalue weighted by atomic mass is 10.1. The van der Waals surface area contributed by atoms with Gasteiger partial charge in [0.15, 0.2) is 5.79 Å². The third-order valence-electron chi connectivity index (χ3n) is 2.59. The molecule has 88 valence electrons. The molecule has 1 fully saturated rings. The summed E-state index contributed by atoms with van der Waals surface area (Å²) >= 11 is 0. The van der Waals surface area contributed by atoms with Gasteiger partial charge in [-0.3, -0.25) is 0 Å². The zero-order chi connectivity index (χ0) is 11.6. The lowest BCUT2D eigenvalue weighted by Crippen LogP contribution is -2.22. The van der Waals surface area contributed by atoms with E-state index in [1.807, 2.05) is 45.0 Å². The highest BCUT2D eigenvalue weighted by molar-refractivity contribution is 5.30. The van der Waals surface area contributed by atoms with Gasteiger partial charge in [0, 0.05) is 5.56 Å². The SMILES string of the molecule is CC(C)Oc1ccc(C2(C)OCCO2)cc1. The fraction of sp³-hybridized carbons (Fsp3) is 0.538. The van der Waals surface area contributed by atoms with Crippen LogP contribution < -0.4 is 4.74 Å². The highest BCUT2D eigenvalue weighted by Gasteiger charge is 2.32. The van der Waals surface area contributed by atoms with Gasteiger partial charge in [0.05, 0.1) is 19.3 Å². The first kappa shape index (κ1) is 11.4. The van der Waals surface area contributed by atoms with E-state index in [4.69, 9.17) is 14.2 Å². The molecule has 0 amide bonds. The molecule has 3 heteroatoms. The number of rotatable bonds is 3. The second kappa shape index (κ2) is 4.44. The maximum Gasteiger partial charge on any atom is 0.192 e. The first-order valence-electron chi connectivity index (χ1n) is 5.65. The smallest absolute Gasteiger partial charge is 0.192 e. The van der Waals surface area contributed by atoms with E-state index in [0.29, 0.717) is 13.2 Å². The lowest BCUT2D eigenvalue weighted by molar-refractivity contribution is -0.149. The van der Waals surface area contributed by atoms with Gasteiger partial charge in [-0.05, 0) is 45.0 Å². The third-order valence-corrected chi connectivity index (χ3v) is 2.59. The molecule has 16 heavy (non-hydrogen) atoms. The summed E-state index contributed by atoms with van der Waals surface area (Å²) in [6.45, 7) is 7.27. The van der Waals surface area contributed by atoms with E-state index in [0.717, 1.165) is 11.3 Å². The summed E-state index contributed by atoms with van der Waals surface area (Å²) in [6, 6.07) is 7.88. The van der Waals surface area contributed by atoms with Crippen molar-refractivity contribution in [2.45, 2.75) is 32.7 Å². The fourth-order valence-electron chi connectivity index (χ4n) is 1.79. The molecule has 0 bridgehead atoms. The molecule has 0 atom stereocenters. The Morgan fingerprint density at radius 1 is 1.12 bits per heavy atom. The highest BCUT2D eigenvalue weighted by atomic mass is 16.7. The van der Waals surface area contributed by atoms with Gasteiger partial charge < -0.3 is 14.2 Å². The van der Waals surface area contributed by atoms with Gasteiger partial charge in [0.2, 0.25) is 0 Å².